The molecule has 2 aromatic carbocycles. The number of hydrogen-bond donors (Lipinski definition) is 1. The summed E-state index contributed by atoms with van der Waals surface area (Å²) in [5.74, 6) is 0. The summed E-state index contributed by atoms with van der Waals surface area (Å²) in [6.07, 6.45) is 2.39. The van der Waals surface area contributed by atoms with Gasteiger partial charge in [0.2, 0.25) is 0 Å². The molecule has 0 aliphatic rings. The quantitative estimate of drug-likeness (QED) is 0.578. The van der Waals surface area contributed by atoms with Gasteiger partial charge < -0.3 is 9.53 Å². The maximum Gasteiger partial charge on any atom is 0.261 e. The van der Waals surface area contributed by atoms with E-state index < -0.39 is 8.32 Å². The monoisotopic (exact) mass is 412 g/mol. The molecule has 3 heteroatoms. The third kappa shape index (κ3) is 5.59. The Morgan fingerprint density at radius 2 is 1.24 bits per heavy atom. The third-order valence-electron chi connectivity index (χ3n) is 5.98. The number of rotatable bonds is 8. The largest absolute Gasteiger partial charge is 0.404 e. The van der Waals surface area contributed by atoms with Gasteiger partial charge in [0.1, 0.15) is 0 Å². The zero-order chi connectivity index (χ0) is 21.7. The Kier molecular flexibility index (Phi) is 7.89. The van der Waals surface area contributed by atoms with E-state index in [-0.39, 0.29) is 22.7 Å². The zero-order valence-corrected chi connectivity index (χ0v) is 20.4. The minimum Gasteiger partial charge on any atom is -0.404 e. The number of hydrogen-bond acceptors (Lipinski definition) is 2. The molecule has 0 amide bonds. The SMILES string of the molecule is CC[C@@H](CC[C@@H](O)C(C)(C)C)O[Si](c1ccccc1)(c1ccccc1)C(C)(C)C. The van der Waals surface area contributed by atoms with Gasteiger partial charge in [-0.2, -0.15) is 0 Å². The molecular weight excluding hydrogens is 372 g/mol. The first-order valence-electron chi connectivity index (χ1n) is 11.0. The third-order valence-corrected chi connectivity index (χ3v) is 11.1. The Balaban J connectivity index is 2.47. The Morgan fingerprint density at radius 3 is 1.59 bits per heavy atom. The van der Waals surface area contributed by atoms with E-state index in [9.17, 15) is 5.11 Å². The molecule has 0 aliphatic carbocycles. The van der Waals surface area contributed by atoms with Crippen molar-refractivity contribution in [3.8, 4) is 0 Å². The van der Waals surface area contributed by atoms with Gasteiger partial charge in [-0.05, 0) is 40.1 Å². The summed E-state index contributed by atoms with van der Waals surface area (Å²) in [6.45, 7) is 15.4. The smallest absolute Gasteiger partial charge is 0.261 e. The van der Waals surface area contributed by atoms with Gasteiger partial charge in [0.05, 0.1) is 6.10 Å². The summed E-state index contributed by atoms with van der Waals surface area (Å²) < 4.78 is 7.21. The molecule has 2 nitrogen and oxygen atoms in total. The molecule has 0 fully saturated rings. The summed E-state index contributed by atoms with van der Waals surface area (Å²) in [5.41, 5.74) is -0.101. The van der Waals surface area contributed by atoms with E-state index >= 15 is 0 Å². The first kappa shape index (κ1) is 23.9. The molecule has 1 N–H and O–H groups in total. The second-order valence-corrected chi connectivity index (χ2v) is 14.5. The lowest BCUT2D eigenvalue weighted by Gasteiger charge is -2.45. The van der Waals surface area contributed by atoms with Crippen molar-refractivity contribution in [1.29, 1.82) is 0 Å². The van der Waals surface area contributed by atoms with Gasteiger partial charge in [0.15, 0.2) is 0 Å². The highest BCUT2D eigenvalue weighted by atomic mass is 28.4. The molecule has 0 saturated carbocycles. The Labute approximate surface area is 179 Å². The van der Waals surface area contributed by atoms with E-state index in [0.717, 1.165) is 19.3 Å². The van der Waals surface area contributed by atoms with Gasteiger partial charge in [0, 0.05) is 6.10 Å². The summed E-state index contributed by atoms with van der Waals surface area (Å²) >= 11 is 0. The van der Waals surface area contributed by atoms with Crippen molar-refractivity contribution in [3.05, 3.63) is 60.7 Å². The molecule has 0 heterocycles. The van der Waals surface area contributed by atoms with Gasteiger partial charge in [-0.25, -0.2) is 0 Å². The van der Waals surface area contributed by atoms with Crippen LogP contribution in [0.4, 0.5) is 0 Å². The highest BCUT2D eigenvalue weighted by Crippen LogP contribution is 2.38. The molecule has 0 aliphatic heterocycles. The van der Waals surface area contributed by atoms with E-state index in [1.807, 2.05) is 0 Å². The minimum absolute atomic E-state index is 0.0221. The van der Waals surface area contributed by atoms with Crippen LogP contribution in [0.15, 0.2) is 60.7 Å². The van der Waals surface area contributed by atoms with Crippen molar-refractivity contribution >= 4 is 18.7 Å². The molecular formula is C26H40O2Si. The average molecular weight is 413 g/mol. The lowest BCUT2D eigenvalue weighted by Crippen LogP contribution is -2.67. The molecule has 0 bridgehead atoms. The van der Waals surface area contributed by atoms with Gasteiger partial charge in [0.25, 0.3) is 8.32 Å². The first-order valence-corrected chi connectivity index (χ1v) is 12.9. The average Bonchev–Trinajstić information content (AvgIpc) is 2.67. The fourth-order valence-electron chi connectivity index (χ4n) is 4.06. The number of benzene rings is 2. The Hall–Kier alpha value is -1.42. The highest BCUT2D eigenvalue weighted by molar-refractivity contribution is 6.99. The van der Waals surface area contributed by atoms with Crippen LogP contribution >= 0.6 is 0 Å². The van der Waals surface area contributed by atoms with Crippen LogP contribution in [0.2, 0.25) is 5.04 Å². The van der Waals surface area contributed by atoms with E-state index in [0.29, 0.717) is 0 Å². The van der Waals surface area contributed by atoms with Crippen LogP contribution in [0.5, 0.6) is 0 Å². The van der Waals surface area contributed by atoms with Crippen molar-refractivity contribution in [2.24, 2.45) is 5.41 Å². The lowest BCUT2D eigenvalue weighted by atomic mass is 9.86. The van der Waals surface area contributed by atoms with Gasteiger partial charge in [-0.15, -0.1) is 0 Å². The molecule has 0 saturated heterocycles. The summed E-state index contributed by atoms with van der Waals surface area (Å²) in [7, 11) is -2.53. The maximum atomic E-state index is 10.6. The van der Waals surface area contributed by atoms with E-state index in [1.165, 1.54) is 10.4 Å². The predicted octanol–water partition coefficient (Wildman–Crippen LogP) is 5.53. The van der Waals surface area contributed by atoms with E-state index in [1.54, 1.807) is 0 Å². The molecule has 2 rings (SSSR count). The minimum atomic E-state index is -2.53. The van der Waals surface area contributed by atoms with Crippen LogP contribution in [0.3, 0.4) is 0 Å². The Morgan fingerprint density at radius 1 is 0.793 bits per heavy atom. The molecule has 29 heavy (non-hydrogen) atoms. The highest BCUT2D eigenvalue weighted by Gasteiger charge is 2.51. The maximum absolute atomic E-state index is 10.6. The predicted molar refractivity (Wildman–Crippen MR) is 127 cm³/mol. The zero-order valence-electron chi connectivity index (χ0n) is 19.4. The normalized spacial score (nSPS) is 15.2. The molecule has 0 spiro atoms. The van der Waals surface area contributed by atoms with Crippen molar-refractivity contribution in [2.75, 3.05) is 0 Å². The topological polar surface area (TPSA) is 29.5 Å². The van der Waals surface area contributed by atoms with Crippen LogP contribution in [-0.2, 0) is 4.43 Å². The second kappa shape index (κ2) is 9.59. The molecule has 0 unspecified atom stereocenters. The fraction of sp³-hybridized carbons (Fsp3) is 0.538. The molecule has 0 aromatic heterocycles. The molecule has 2 aromatic rings. The summed E-state index contributed by atoms with van der Waals surface area (Å²) in [4.78, 5) is 0. The van der Waals surface area contributed by atoms with Crippen molar-refractivity contribution in [2.45, 2.75) is 85.0 Å². The lowest BCUT2D eigenvalue weighted by molar-refractivity contribution is 0.0409. The van der Waals surface area contributed by atoms with Gasteiger partial charge in [-0.1, -0.05) is 109 Å². The van der Waals surface area contributed by atoms with Crippen LogP contribution in [-0.4, -0.2) is 25.6 Å². The fourth-order valence-corrected chi connectivity index (χ4v) is 8.86. The Bertz CT molecular complexity index is 689. The van der Waals surface area contributed by atoms with Crippen LogP contribution in [0, 0.1) is 5.41 Å². The van der Waals surface area contributed by atoms with Crippen LogP contribution in [0.1, 0.15) is 67.7 Å². The van der Waals surface area contributed by atoms with Crippen molar-refractivity contribution < 1.29 is 9.53 Å². The van der Waals surface area contributed by atoms with E-state index in [2.05, 4.69) is 109 Å². The van der Waals surface area contributed by atoms with Gasteiger partial charge >= 0.3 is 0 Å². The number of aliphatic hydroxyl groups is 1. The molecule has 0 radical (unpaired) electrons. The molecule has 160 valence electrons. The number of aliphatic hydroxyl groups excluding tert-OH is 1. The van der Waals surface area contributed by atoms with Crippen LogP contribution < -0.4 is 10.4 Å². The van der Waals surface area contributed by atoms with E-state index in [4.69, 9.17) is 4.43 Å². The summed E-state index contributed by atoms with van der Waals surface area (Å²) in [5, 5.41) is 13.2. The molecule has 2 atom stereocenters. The summed E-state index contributed by atoms with van der Waals surface area (Å²) in [6, 6.07) is 21.6. The van der Waals surface area contributed by atoms with Gasteiger partial charge in [-0.3, -0.25) is 0 Å². The first-order chi connectivity index (χ1) is 13.5. The van der Waals surface area contributed by atoms with Crippen molar-refractivity contribution in [1.82, 2.24) is 0 Å². The second-order valence-electron chi connectivity index (χ2n) is 10.3. The standard InChI is InChI=1S/C26H40O2Si/c1-8-21(19-20-24(27)25(2,3)4)28-29(26(5,6)7,22-15-11-9-12-16-22)23-17-13-10-14-18-23/h9-18,21,24,27H,8,19-20H2,1-7H3/t21-,24+/m0/s1. The van der Waals surface area contributed by atoms with Crippen molar-refractivity contribution in [3.63, 3.8) is 0 Å². The van der Waals surface area contributed by atoms with Crippen LogP contribution in [0.25, 0.3) is 0 Å².